The Kier molecular flexibility index (Phi) is 2.86. The van der Waals surface area contributed by atoms with Crippen LogP contribution < -0.4 is 10.1 Å². The second kappa shape index (κ2) is 4.39. The lowest BCUT2D eigenvalue weighted by atomic mass is 9.72. The smallest absolute Gasteiger partial charge is 0.186 e. The van der Waals surface area contributed by atoms with Crippen molar-refractivity contribution in [3.63, 3.8) is 0 Å². The molecule has 0 radical (unpaired) electrons. The summed E-state index contributed by atoms with van der Waals surface area (Å²) in [6.45, 7) is 0.955. The second-order valence-corrected chi connectivity index (χ2v) is 5.29. The topological polar surface area (TPSA) is 38.3 Å². The number of hydrogen-bond acceptors (Lipinski definition) is 3. The van der Waals surface area contributed by atoms with E-state index in [0.717, 1.165) is 49.1 Å². The molecule has 0 aromatic heterocycles. The Morgan fingerprint density at radius 1 is 1.28 bits per heavy atom. The number of Topliss-reactive ketones (excluding diaryl/α,β-unsaturated/α-hetero) is 1. The predicted molar refractivity (Wildman–Crippen MR) is 70.2 cm³/mol. The molecule has 1 atom stereocenters. The third-order valence-corrected chi connectivity index (χ3v) is 4.31. The molecule has 0 bridgehead atoms. The molecule has 1 N–H and O–H groups in total. The molecule has 18 heavy (non-hydrogen) atoms. The van der Waals surface area contributed by atoms with Gasteiger partial charge in [0.2, 0.25) is 0 Å². The number of carbonyl (C=O) groups is 1. The van der Waals surface area contributed by atoms with Gasteiger partial charge in [-0.3, -0.25) is 4.79 Å². The fraction of sp³-hybridized carbons (Fsp3) is 0.533. The van der Waals surface area contributed by atoms with Crippen LogP contribution in [0.15, 0.2) is 18.2 Å². The summed E-state index contributed by atoms with van der Waals surface area (Å²) in [5, 5.41) is 3.47. The monoisotopic (exact) mass is 245 g/mol. The van der Waals surface area contributed by atoms with Crippen LogP contribution in [0.25, 0.3) is 0 Å². The fourth-order valence-electron chi connectivity index (χ4n) is 3.29. The molecule has 3 nitrogen and oxygen atoms in total. The molecule has 1 aliphatic carbocycles. The first-order chi connectivity index (χ1) is 8.77. The number of fused-ring (bicyclic) bond motifs is 1. The zero-order valence-corrected chi connectivity index (χ0v) is 10.8. The molecule has 2 aliphatic rings. The van der Waals surface area contributed by atoms with Crippen LogP contribution in [-0.2, 0) is 6.42 Å². The summed E-state index contributed by atoms with van der Waals surface area (Å²) < 4.78 is 5.37. The minimum Gasteiger partial charge on any atom is -0.496 e. The summed E-state index contributed by atoms with van der Waals surface area (Å²) >= 11 is 0. The summed E-state index contributed by atoms with van der Waals surface area (Å²) in [4.78, 5) is 12.8. The van der Waals surface area contributed by atoms with Crippen LogP contribution >= 0.6 is 0 Å². The fourth-order valence-corrected chi connectivity index (χ4v) is 3.29. The number of hydrogen-bond donors (Lipinski definition) is 1. The largest absolute Gasteiger partial charge is 0.496 e. The number of rotatable bonds is 1. The van der Waals surface area contributed by atoms with Crippen LogP contribution in [0.4, 0.5) is 0 Å². The van der Waals surface area contributed by atoms with Crippen LogP contribution in [0.1, 0.15) is 41.6 Å². The minimum atomic E-state index is -0.320. The molecule has 1 saturated heterocycles. The standard InChI is InChI=1S/C15H19NO2/c1-18-12-6-4-5-11-7-9-15(14(17)13(11)12)8-2-3-10-16-15/h4-6,16H,2-3,7-10H2,1H3/t15-/m0/s1. The van der Waals surface area contributed by atoms with E-state index in [1.165, 1.54) is 6.42 Å². The van der Waals surface area contributed by atoms with Crippen molar-refractivity contribution in [2.24, 2.45) is 0 Å². The van der Waals surface area contributed by atoms with E-state index in [0.29, 0.717) is 0 Å². The van der Waals surface area contributed by atoms with E-state index in [1.54, 1.807) is 7.11 Å². The van der Waals surface area contributed by atoms with Gasteiger partial charge in [0.1, 0.15) is 5.75 Å². The molecule has 1 spiro atoms. The zero-order chi connectivity index (χ0) is 12.6. The van der Waals surface area contributed by atoms with E-state index in [9.17, 15) is 4.79 Å². The Bertz CT molecular complexity index is 461. The van der Waals surface area contributed by atoms with Crippen LogP contribution in [0.3, 0.4) is 0 Å². The van der Waals surface area contributed by atoms with Crippen LogP contribution in [-0.4, -0.2) is 25.0 Å². The normalized spacial score (nSPS) is 27.1. The quantitative estimate of drug-likeness (QED) is 0.825. The van der Waals surface area contributed by atoms with Crippen molar-refractivity contribution < 1.29 is 9.53 Å². The molecule has 0 unspecified atom stereocenters. The lowest BCUT2D eigenvalue weighted by molar-refractivity contribution is 0.0778. The summed E-state index contributed by atoms with van der Waals surface area (Å²) in [5.41, 5.74) is 1.62. The van der Waals surface area contributed by atoms with E-state index in [2.05, 4.69) is 5.32 Å². The molecular weight excluding hydrogens is 226 g/mol. The maximum atomic E-state index is 12.8. The molecular formula is C15H19NO2. The highest BCUT2D eigenvalue weighted by atomic mass is 16.5. The molecule has 1 aromatic rings. The van der Waals surface area contributed by atoms with Crippen LogP contribution in [0.2, 0.25) is 0 Å². The first kappa shape index (κ1) is 11.7. The van der Waals surface area contributed by atoms with Crippen molar-refractivity contribution in [1.82, 2.24) is 5.32 Å². The van der Waals surface area contributed by atoms with Gasteiger partial charge in [-0.2, -0.15) is 0 Å². The Morgan fingerprint density at radius 3 is 2.89 bits per heavy atom. The Morgan fingerprint density at radius 2 is 2.17 bits per heavy atom. The maximum absolute atomic E-state index is 12.8. The molecule has 0 amide bonds. The predicted octanol–water partition coefficient (Wildman–Crippen LogP) is 2.34. The van der Waals surface area contributed by atoms with Crippen molar-refractivity contribution >= 4 is 5.78 Å². The Labute approximate surface area is 108 Å². The molecule has 3 rings (SSSR count). The van der Waals surface area contributed by atoms with Crippen molar-refractivity contribution in [2.45, 2.75) is 37.6 Å². The number of ketones is 1. The number of benzene rings is 1. The number of methoxy groups -OCH3 is 1. The zero-order valence-electron chi connectivity index (χ0n) is 10.8. The molecule has 1 fully saturated rings. The maximum Gasteiger partial charge on any atom is 0.186 e. The van der Waals surface area contributed by atoms with Crippen LogP contribution in [0, 0.1) is 0 Å². The minimum absolute atomic E-state index is 0.237. The van der Waals surface area contributed by atoms with E-state index < -0.39 is 0 Å². The molecule has 1 aliphatic heterocycles. The molecule has 1 aromatic carbocycles. The van der Waals surface area contributed by atoms with Crippen molar-refractivity contribution in [1.29, 1.82) is 0 Å². The Balaban J connectivity index is 2.05. The Hall–Kier alpha value is -1.35. The summed E-state index contributed by atoms with van der Waals surface area (Å²) in [6.07, 6.45) is 5.16. The van der Waals surface area contributed by atoms with Gasteiger partial charge in [-0.15, -0.1) is 0 Å². The average Bonchev–Trinajstić information content (AvgIpc) is 2.44. The van der Waals surface area contributed by atoms with E-state index in [4.69, 9.17) is 4.74 Å². The first-order valence-corrected chi connectivity index (χ1v) is 6.72. The van der Waals surface area contributed by atoms with Gasteiger partial charge in [0.25, 0.3) is 0 Å². The SMILES string of the molecule is COc1cccc2c1C(=O)[C@]1(CCCCN1)CC2. The summed E-state index contributed by atoms with van der Waals surface area (Å²) in [5.74, 6) is 0.963. The second-order valence-electron chi connectivity index (χ2n) is 5.29. The van der Waals surface area contributed by atoms with Gasteiger partial charge in [0.15, 0.2) is 5.78 Å². The number of nitrogens with one attached hydrogen (secondary N) is 1. The lowest BCUT2D eigenvalue weighted by Crippen LogP contribution is -2.56. The van der Waals surface area contributed by atoms with Crippen molar-refractivity contribution in [3.05, 3.63) is 29.3 Å². The highest BCUT2D eigenvalue weighted by Gasteiger charge is 2.44. The molecule has 1 heterocycles. The third-order valence-electron chi connectivity index (χ3n) is 4.31. The van der Waals surface area contributed by atoms with E-state index >= 15 is 0 Å². The van der Waals surface area contributed by atoms with Crippen molar-refractivity contribution in [3.8, 4) is 5.75 Å². The van der Waals surface area contributed by atoms with Gasteiger partial charge < -0.3 is 10.1 Å². The third kappa shape index (κ3) is 1.65. The molecule has 3 heteroatoms. The number of piperidine rings is 1. The first-order valence-electron chi connectivity index (χ1n) is 6.72. The summed E-state index contributed by atoms with van der Waals surface area (Å²) in [7, 11) is 1.64. The van der Waals surface area contributed by atoms with Gasteiger partial charge in [-0.1, -0.05) is 12.1 Å². The van der Waals surface area contributed by atoms with Gasteiger partial charge in [0, 0.05) is 0 Å². The van der Waals surface area contributed by atoms with Gasteiger partial charge >= 0.3 is 0 Å². The van der Waals surface area contributed by atoms with Gasteiger partial charge in [0.05, 0.1) is 18.2 Å². The van der Waals surface area contributed by atoms with E-state index in [1.807, 2.05) is 18.2 Å². The highest BCUT2D eigenvalue weighted by molar-refractivity contribution is 6.07. The van der Waals surface area contributed by atoms with E-state index in [-0.39, 0.29) is 11.3 Å². The number of aryl methyl sites for hydroxylation is 1. The lowest BCUT2D eigenvalue weighted by Gasteiger charge is -2.40. The number of ether oxygens (including phenoxy) is 1. The van der Waals surface area contributed by atoms with Gasteiger partial charge in [-0.05, 0) is 50.3 Å². The van der Waals surface area contributed by atoms with Crippen molar-refractivity contribution in [2.75, 3.05) is 13.7 Å². The highest BCUT2D eigenvalue weighted by Crippen LogP contribution is 2.38. The molecule has 0 saturated carbocycles. The van der Waals surface area contributed by atoms with Crippen LogP contribution in [0.5, 0.6) is 5.75 Å². The van der Waals surface area contributed by atoms with Gasteiger partial charge in [-0.25, -0.2) is 0 Å². The molecule has 96 valence electrons. The number of carbonyl (C=O) groups excluding carboxylic acids is 1. The summed E-state index contributed by atoms with van der Waals surface area (Å²) in [6, 6.07) is 5.90. The average molecular weight is 245 g/mol.